The maximum Gasteiger partial charge on any atom is 0.167 e. The number of phenols is 1. The van der Waals surface area contributed by atoms with Crippen LogP contribution in [0.1, 0.15) is 28.8 Å². The van der Waals surface area contributed by atoms with Gasteiger partial charge in [-0.3, -0.25) is 9.69 Å². The number of thioether (sulfide) groups is 1. The van der Waals surface area contributed by atoms with Crippen LogP contribution in [0.15, 0.2) is 41.3 Å². The SMILES string of the molecule is COc1cc(CN2CCC[C@@H](C(=O)c3ccc(SC)cc3)C2)c(Cl)cc1O. The van der Waals surface area contributed by atoms with Crippen LogP contribution in [-0.2, 0) is 6.54 Å². The van der Waals surface area contributed by atoms with Gasteiger partial charge in [0.1, 0.15) is 0 Å². The molecule has 2 aromatic rings. The number of piperidine rings is 1. The number of carbonyl (C=O) groups excluding carboxylic acids is 1. The number of phenolic OH excluding ortho intramolecular Hbond substituents is 1. The molecule has 0 aliphatic carbocycles. The first-order valence-corrected chi connectivity index (χ1v) is 10.6. The molecule has 0 amide bonds. The highest BCUT2D eigenvalue weighted by Gasteiger charge is 2.27. The summed E-state index contributed by atoms with van der Waals surface area (Å²) in [4.78, 5) is 16.3. The van der Waals surface area contributed by atoms with Crippen molar-refractivity contribution >= 4 is 29.1 Å². The number of aromatic hydroxyl groups is 1. The fourth-order valence-electron chi connectivity index (χ4n) is 3.51. The van der Waals surface area contributed by atoms with Gasteiger partial charge in [0.05, 0.1) is 7.11 Å². The summed E-state index contributed by atoms with van der Waals surface area (Å²) in [5, 5.41) is 10.3. The topological polar surface area (TPSA) is 49.8 Å². The molecule has 0 unspecified atom stereocenters. The van der Waals surface area contributed by atoms with E-state index in [0.717, 1.165) is 35.4 Å². The van der Waals surface area contributed by atoms with Gasteiger partial charge in [-0.2, -0.15) is 0 Å². The van der Waals surface area contributed by atoms with Gasteiger partial charge in [0.2, 0.25) is 0 Å². The minimum Gasteiger partial charge on any atom is -0.504 e. The fourth-order valence-corrected chi connectivity index (χ4v) is 4.14. The molecule has 6 heteroatoms. The second kappa shape index (κ2) is 9.00. The van der Waals surface area contributed by atoms with Crippen LogP contribution >= 0.6 is 23.4 Å². The maximum absolute atomic E-state index is 12.9. The number of rotatable bonds is 6. The normalized spacial score (nSPS) is 17.7. The third-order valence-corrected chi connectivity index (χ3v) is 6.09. The van der Waals surface area contributed by atoms with E-state index in [1.54, 1.807) is 17.8 Å². The molecule has 1 fully saturated rings. The summed E-state index contributed by atoms with van der Waals surface area (Å²) in [5.74, 6) is 0.651. The zero-order valence-corrected chi connectivity index (χ0v) is 17.1. The summed E-state index contributed by atoms with van der Waals surface area (Å²) in [6.07, 6.45) is 3.91. The molecule has 27 heavy (non-hydrogen) atoms. The van der Waals surface area contributed by atoms with Gasteiger partial charge in [0.25, 0.3) is 0 Å². The van der Waals surface area contributed by atoms with E-state index in [-0.39, 0.29) is 17.5 Å². The Bertz CT molecular complexity index is 810. The number of ketones is 1. The highest BCUT2D eigenvalue weighted by atomic mass is 35.5. The van der Waals surface area contributed by atoms with Crippen molar-refractivity contribution in [2.24, 2.45) is 5.92 Å². The second-order valence-corrected chi connectivity index (χ2v) is 8.07. The number of ether oxygens (including phenoxy) is 1. The molecule has 1 heterocycles. The number of carbonyl (C=O) groups is 1. The highest BCUT2D eigenvalue weighted by Crippen LogP contribution is 2.33. The molecule has 0 spiro atoms. The Kier molecular flexibility index (Phi) is 6.68. The molecule has 0 aromatic heterocycles. The van der Waals surface area contributed by atoms with Crippen molar-refractivity contribution in [3.05, 3.63) is 52.5 Å². The minimum atomic E-state index is -0.00309. The molecule has 144 valence electrons. The molecule has 1 saturated heterocycles. The zero-order chi connectivity index (χ0) is 19.4. The summed E-state index contributed by atoms with van der Waals surface area (Å²) >= 11 is 7.96. The van der Waals surface area contributed by atoms with Crippen LogP contribution in [0, 0.1) is 5.92 Å². The lowest BCUT2D eigenvalue weighted by atomic mass is 9.90. The average Bonchev–Trinajstić information content (AvgIpc) is 2.70. The minimum absolute atomic E-state index is 0.00309. The van der Waals surface area contributed by atoms with E-state index in [1.807, 2.05) is 30.5 Å². The third kappa shape index (κ3) is 4.78. The second-order valence-electron chi connectivity index (χ2n) is 6.78. The Labute approximate surface area is 169 Å². The van der Waals surface area contributed by atoms with Gasteiger partial charge in [-0.15, -0.1) is 11.8 Å². The van der Waals surface area contributed by atoms with E-state index < -0.39 is 0 Å². The van der Waals surface area contributed by atoms with E-state index in [9.17, 15) is 9.90 Å². The number of methoxy groups -OCH3 is 1. The Morgan fingerprint density at radius 1 is 1.33 bits per heavy atom. The van der Waals surface area contributed by atoms with Crippen molar-refractivity contribution in [1.29, 1.82) is 0 Å². The molecular formula is C21H24ClNO3S. The molecule has 1 N–H and O–H groups in total. The molecule has 1 aliphatic heterocycles. The van der Waals surface area contributed by atoms with Gasteiger partial charge in [-0.25, -0.2) is 0 Å². The Balaban J connectivity index is 1.69. The number of nitrogens with zero attached hydrogens (tertiary/aromatic N) is 1. The molecule has 0 radical (unpaired) electrons. The lowest BCUT2D eigenvalue weighted by molar-refractivity contribution is 0.0811. The van der Waals surface area contributed by atoms with Gasteiger partial charge < -0.3 is 9.84 Å². The number of halogens is 1. The predicted octanol–water partition coefficient (Wildman–Crippen LogP) is 4.87. The van der Waals surface area contributed by atoms with Crippen LogP contribution in [0.2, 0.25) is 5.02 Å². The molecule has 4 nitrogen and oxygen atoms in total. The standard InChI is InChI=1S/C21H24ClNO3S/c1-26-20-10-16(18(22)11-19(20)24)13-23-9-3-4-15(12-23)21(25)14-5-7-17(27-2)8-6-14/h5-8,10-11,15,24H,3-4,9,12-13H2,1-2H3/t15-/m1/s1. The van der Waals surface area contributed by atoms with E-state index in [4.69, 9.17) is 16.3 Å². The first-order chi connectivity index (χ1) is 13.0. The van der Waals surface area contributed by atoms with Crippen LogP contribution in [0.4, 0.5) is 0 Å². The smallest absolute Gasteiger partial charge is 0.167 e. The summed E-state index contributed by atoms with van der Waals surface area (Å²) in [5.41, 5.74) is 1.67. The lowest BCUT2D eigenvalue weighted by Gasteiger charge is -2.32. The van der Waals surface area contributed by atoms with E-state index in [0.29, 0.717) is 23.9 Å². The average molecular weight is 406 g/mol. The fraction of sp³-hybridized carbons (Fsp3) is 0.381. The van der Waals surface area contributed by atoms with Gasteiger partial charge in [0, 0.05) is 40.6 Å². The Morgan fingerprint density at radius 2 is 2.07 bits per heavy atom. The first-order valence-electron chi connectivity index (χ1n) is 8.97. The van der Waals surface area contributed by atoms with E-state index >= 15 is 0 Å². The van der Waals surface area contributed by atoms with Gasteiger partial charge in [-0.05, 0) is 49.4 Å². The first kappa shape index (κ1) is 20.1. The quantitative estimate of drug-likeness (QED) is 0.548. The Hall–Kier alpha value is -1.69. The number of hydrogen-bond acceptors (Lipinski definition) is 5. The van der Waals surface area contributed by atoms with E-state index in [1.165, 1.54) is 13.2 Å². The monoisotopic (exact) mass is 405 g/mol. The molecule has 1 aliphatic rings. The number of Topliss-reactive ketones (excluding diaryl/α,β-unsaturated/α-hetero) is 1. The summed E-state index contributed by atoms with van der Waals surface area (Å²) in [7, 11) is 1.52. The van der Waals surface area contributed by atoms with Crippen molar-refractivity contribution in [2.45, 2.75) is 24.3 Å². The van der Waals surface area contributed by atoms with Crippen molar-refractivity contribution in [1.82, 2.24) is 4.90 Å². The van der Waals surface area contributed by atoms with E-state index in [2.05, 4.69) is 4.90 Å². The van der Waals surface area contributed by atoms with Crippen molar-refractivity contribution in [2.75, 3.05) is 26.5 Å². The summed E-state index contributed by atoms with van der Waals surface area (Å²) < 4.78 is 5.18. The zero-order valence-electron chi connectivity index (χ0n) is 15.6. The molecule has 3 rings (SSSR count). The van der Waals surface area contributed by atoms with Crippen molar-refractivity contribution in [3.8, 4) is 11.5 Å². The third-order valence-electron chi connectivity index (χ3n) is 4.99. The van der Waals surface area contributed by atoms with Crippen LogP contribution in [0.3, 0.4) is 0 Å². The molecule has 1 atom stereocenters. The van der Waals surface area contributed by atoms with Gasteiger partial charge in [-0.1, -0.05) is 23.7 Å². The summed E-state index contributed by atoms with van der Waals surface area (Å²) in [6, 6.07) is 11.1. The number of hydrogen-bond donors (Lipinski definition) is 1. The number of likely N-dealkylation sites (tertiary alicyclic amines) is 1. The van der Waals surface area contributed by atoms with Crippen molar-refractivity contribution < 1.29 is 14.6 Å². The van der Waals surface area contributed by atoms with Crippen LogP contribution in [-0.4, -0.2) is 42.2 Å². The van der Waals surface area contributed by atoms with Gasteiger partial charge >= 0.3 is 0 Å². The largest absolute Gasteiger partial charge is 0.504 e. The molecular weight excluding hydrogens is 382 g/mol. The van der Waals surface area contributed by atoms with Crippen LogP contribution in [0.5, 0.6) is 11.5 Å². The lowest BCUT2D eigenvalue weighted by Crippen LogP contribution is -2.38. The number of benzene rings is 2. The molecule has 0 saturated carbocycles. The van der Waals surface area contributed by atoms with Crippen LogP contribution < -0.4 is 4.74 Å². The highest BCUT2D eigenvalue weighted by molar-refractivity contribution is 7.98. The Morgan fingerprint density at radius 3 is 2.74 bits per heavy atom. The molecule has 2 aromatic carbocycles. The van der Waals surface area contributed by atoms with Gasteiger partial charge in [0.15, 0.2) is 17.3 Å². The molecule has 0 bridgehead atoms. The van der Waals surface area contributed by atoms with Crippen LogP contribution in [0.25, 0.3) is 0 Å². The summed E-state index contributed by atoms with van der Waals surface area (Å²) in [6.45, 7) is 2.27. The maximum atomic E-state index is 12.9. The van der Waals surface area contributed by atoms with Crippen molar-refractivity contribution in [3.63, 3.8) is 0 Å². The predicted molar refractivity (Wildman–Crippen MR) is 110 cm³/mol.